The maximum absolute atomic E-state index is 5.62. The van der Waals surface area contributed by atoms with E-state index < -0.39 is 0 Å². The molecule has 2 aliphatic rings. The van der Waals surface area contributed by atoms with Crippen LogP contribution in [-0.4, -0.2) is 50.8 Å². The molecule has 126 valence electrons. The molecule has 1 aromatic carbocycles. The lowest BCUT2D eigenvalue weighted by Crippen LogP contribution is -2.42. The molecular weight excluding hydrogens is 286 g/mol. The summed E-state index contributed by atoms with van der Waals surface area (Å²) in [7, 11) is 1.88. The van der Waals surface area contributed by atoms with Gasteiger partial charge in [0.25, 0.3) is 0 Å². The summed E-state index contributed by atoms with van der Waals surface area (Å²) < 4.78 is 5.62. The molecule has 0 radical (unpaired) electrons. The van der Waals surface area contributed by atoms with E-state index in [0.717, 1.165) is 45.2 Å². The van der Waals surface area contributed by atoms with Crippen LogP contribution in [0.4, 0.5) is 0 Å². The fourth-order valence-corrected chi connectivity index (χ4v) is 3.95. The fourth-order valence-electron chi connectivity index (χ4n) is 3.95. The van der Waals surface area contributed by atoms with Gasteiger partial charge in [-0.3, -0.25) is 4.99 Å². The Balaban J connectivity index is 1.52. The zero-order valence-electron chi connectivity index (χ0n) is 14.7. The van der Waals surface area contributed by atoms with E-state index in [2.05, 4.69) is 47.3 Å². The summed E-state index contributed by atoms with van der Waals surface area (Å²) in [4.78, 5) is 6.88. The van der Waals surface area contributed by atoms with Crippen molar-refractivity contribution in [3.8, 4) is 0 Å². The van der Waals surface area contributed by atoms with Gasteiger partial charge in [-0.2, -0.15) is 0 Å². The minimum atomic E-state index is 0.380. The summed E-state index contributed by atoms with van der Waals surface area (Å²) in [5.41, 5.74) is 4.46. The molecule has 1 spiro atoms. The second-order valence-electron chi connectivity index (χ2n) is 7.19. The standard InChI is InChI=1S/C19H29N3O/c1-15-10-16(2)12-17(11-15)4-7-21-18(20-3)22-8-5-19(13-22)6-9-23-14-19/h10-12H,4-9,13-14H2,1-3H3,(H,20,21). The molecule has 1 N–H and O–H groups in total. The largest absolute Gasteiger partial charge is 0.381 e. The summed E-state index contributed by atoms with van der Waals surface area (Å²) in [5, 5.41) is 3.54. The van der Waals surface area contributed by atoms with Gasteiger partial charge in [0.1, 0.15) is 0 Å². The van der Waals surface area contributed by atoms with Crippen LogP contribution in [-0.2, 0) is 11.2 Å². The Bertz CT molecular complexity index is 556. The Kier molecular flexibility index (Phi) is 4.90. The number of nitrogens with zero attached hydrogens (tertiary/aromatic N) is 2. The number of benzene rings is 1. The Hall–Kier alpha value is -1.55. The number of nitrogens with one attached hydrogen (secondary N) is 1. The maximum Gasteiger partial charge on any atom is 0.193 e. The summed E-state index contributed by atoms with van der Waals surface area (Å²) in [5.74, 6) is 1.04. The molecule has 0 aliphatic carbocycles. The van der Waals surface area contributed by atoms with Crippen LogP contribution in [0.2, 0.25) is 0 Å². The summed E-state index contributed by atoms with van der Waals surface area (Å²) in [6.07, 6.45) is 3.46. The van der Waals surface area contributed by atoms with Crippen LogP contribution >= 0.6 is 0 Å². The van der Waals surface area contributed by atoms with E-state index >= 15 is 0 Å². The molecule has 2 aliphatic heterocycles. The first-order chi connectivity index (χ1) is 11.1. The van der Waals surface area contributed by atoms with Crippen LogP contribution in [0.5, 0.6) is 0 Å². The van der Waals surface area contributed by atoms with Gasteiger partial charge in [0, 0.05) is 38.7 Å². The summed E-state index contributed by atoms with van der Waals surface area (Å²) in [6.45, 7) is 9.26. The van der Waals surface area contributed by atoms with Gasteiger partial charge in [0.05, 0.1) is 6.61 Å². The van der Waals surface area contributed by atoms with Crippen molar-refractivity contribution in [3.05, 3.63) is 34.9 Å². The zero-order chi connectivity index (χ0) is 16.3. The van der Waals surface area contributed by atoms with Gasteiger partial charge in [-0.25, -0.2) is 0 Å². The van der Waals surface area contributed by atoms with Crippen molar-refractivity contribution in [2.75, 3.05) is 39.9 Å². The van der Waals surface area contributed by atoms with E-state index in [1.54, 1.807) is 0 Å². The molecule has 2 fully saturated rings. The van der Waals surface area contributed by atoms with Crippen molar-refractivity contribution >= 4 is 5.96 Å². The Morgan fingerprint density at radius 3 is 2.70 bits per heavy atom. The fraction of sp³-hybridized carbons (Fsp3) is 0.632. The molecule has 4 heteroatoms. The third-order valence-electron chi connectivity index (χ3n) is 5.11. The first-order valence-corrected chi connectivity index (χ1v) is 8.71. The molecule has 4 nitrogen and oxygen atoms in total. The minimum absolute atomic E-state index is 0.380. The van der Waals surface area contributed by atoms with Crippen LogP contribution in [0.1, 0.15) is 29.5 Å². The molecule has 1 aromatic rings. The topological polar surface area (TPSA) is 36.9 Å². The minimum Gasteiger partial charge on any atom is -0.381 e. The van der Waals surface area contributed by atoms with Gasteiger partial charge in [0.2, 0.25) is 0 Å². The molecule has 1 atom stereocenters. The number of guanidine groups is 1. The molecule has 2 heterocycles. The number of aryl methyl sites for hydroxylation is 2. The summed E-state index contributed by atoms with van der Waals surface area (Å²) in [6, 6.07) is 6.78. The third kappa shape index (κ3) is 3.86. The molecule has 0 aromatic heterocycles. The molecule has 23 heavy (non-hydrogen) atoms. The third-order valence-corrected chi connectivity index (χ3v) is 5.11. The lowest BCUT2D eigenvalue weighted by molar-refractivity contribution is 0.156. The van der Waals surface area contributed by atoms with Crippen LogP contribution in [0, 0.1) is 19.3 Å². The molecular formula is C19H29N3O. The molecule has 3 rings (SSSR count). The predicted molar refractivity (Wildman–Crippen MR) is 95.0 cm³/mol. The monoisotopic (exact) mass is 315 g/mol. The predicted octanol–water partition coefficient (Wildman–Crippen LogP) is 2.53. The molecule has 2 saturated heterocycles. The first kappa shape index (κ1) is 16.3. The first-order valence-electron chi connectivity index (χ1n) is 8.71. The Morgan fingerprint density at radius 2 is 2.04 bits per heavy atom. The SMILES string of the molecule is CN=C(NCCc1cc(C)cc(C)c1)N1CCC2(CCOC2)C1. The van der Waals surface area contributed by atoms with Crippen LogP contribution < -0.4 is 5.32 Å². The van der Waals surface area contributed by atoms with Gasteiger partial charge in [-0.15, -0.1) is 0 Å². The van der Waals surface area contributed by atoms with Crippen LogP contribution in [0.25, 0.3) is 0 Å². The number of likely N-dealkylation sites (tertiary alicyclic amines) is 1. The van der Waals surface area contributed by atoms with Gasteiger partial charge in [-0.05, 0) is 38.7 Å². The number of hydrogen-bond donors (Lipinski definition) is 1. The van der Waals surface area contributed by atoms with Crippen molar-refractivity contribution in [1.29, 1.82) is 0 Å². The van der Waals surface area contributed by atoms with Crippen molar-refractivity contribution < 1.29 is 4.74 Å². The highest BCUT2D eigenvalue weighted by Gasteiger charge is 2.42. The van der Waals surface area contributed by atoms with Crippen LogP contribution in [0.3, 0.4) is 0 Å². The molecule has 0 amide bonds. The second-order valence-corrected chi connectivity index (χ2v) is 7.19. The van der Waals surface area contributed by atoms with Crippen molar-refractivity contribution in [2.24, 2.45) is 10.4 Å². The normalized spacial score (nSPS) is 24.7. The van der Waals surface area contributed by atoms with E-state index in [4.69, 9.17) is 4.74 Å². The van der Waals surface area contributed by atoms with Crippen LogP contribution in [0.15, 0.2) is 23.2 Å². The van der Waals surface area contributed by atoms with Crippen molar-refractivity contribution in [3.63, 3.8) is 0 Å². The van der Waals surface area contributed by atoms with E-state index in [9.17, 15) is 0 Å². The number of rotatable bonds is 3. The van der Waals surface area contributed by atoms with E-state index in [0.29, 0.717) is 5.41 Å². The molecule has 0 saturated carbocycles. The van der Waals surface area contributed by atoms with E-state index in [1.807, 2.05) is 7.05 Å². The Labute approximate surface area is 139 Å². The van der Waals surface area contributed by atoms with Crippen molar-refractivity contribution in [1.82, 2.24) is 10.2 Å². The van der Waals surface area contributed by atoms with E-state index in [-0.39, 0.29) is 0 Å². The molecule has 1 unspecified atom stereocenters. The molecule has 0 bridgehead atoms. The second kappa shape index (κ2) is 6.91. The average Bonchev–Trinajstić information content (AvgIpc) is 3.13. The lowest BCUT2D eigenvalue weighted by Gasteiger charge is -2.25. The number of aliphatic imine (C=N–C) groups is 1. The van der Waals surface area contributed by atoms with Gasteiger partial charge >= 0.3 is 0 Å². The van der Waals surface area contributed by atoms with E-state index in [1.165, 1.54) is 29.5 Å². The summed E-state index contributed by atoms with van der Waals surface area (Å²) >= 11 is 0. The van der Waals surface area contributed by atoms with Gasteiger partial charge < -0.3 is 15.0 Å². The van der Waals surface area contributed by atoms with Crippen molar-refractivity contribution in [2.45, 2.75) is 33.1 Å². The zero-order valence-corrected chi connectivity index (χ0v) is 14.7. The Morgan fingerprint density at radius 1 is 1.26 bits per heavy atom. The van der Waals surface area contributed by atoms with Gasteiger partial charge in [0.15, 0.2) is 5.96 Å². The quantitative estimate of drug-likeness (QED) is 0.688. The maximum atomic E-state index is 5.62. The smallest absolute Gasteiger partial charge is 0.193 e. The highest BCUT2D eigenvalue weighted by molar-refractivity contribution is 5.80. The number of ether oxygens (including phenoxy) is 1. The van der Waals surface area contributed by atoms with Gasteiger partial charge in [-0.1, -0.05) is 29.3 Å². The highest BCUT2D eigenvalue weighted by atomic mass is 16.5. The average molecular weight is 315 g/mol. The lowest BCUT2D eigenvalue weighted by atomic mass is 9.87. The number of hydrogen-bond acceptors (Lipinski definition) is 2. The highest BCUT2D eigenvalue weighted by Crippen LogP contribution is 2.38.